The molecule has 1 aliphatic rings. The van der Waals surface area contributed by atoms with Gasteiger partial charge in [0, 0.05) is 10.5 Å². The van der Waals surface area contributed by atoms with Crippen molar-refractivity contribution in [1.82, 2.24) is 5.32 Å². The van der Waals surface area contributed by atoms with E-state index in [1.54, 1.807) is 13.2 Å². The summed E-state index contributed by atoms with van der Waals surface area (Å²) in [6, 6.07) is 5.43. The summed E-state index contributed by atoms with van der Waals surface area (Å²) in [7, 11) is 1.60. The summed E-state index contributed by atoms with van der Waals surface area (Å²) in [6.45, 7) is 0.914. The molecule has 1 fully saturated rings. The largest absolute Gasteiger partial charge is 0.497 e. The average molecular weight is 299 g/mol. The number of carbonyl (C=O) groups is 1. The first kappa shape index (κ1) is 12.4. The Labute approximate surface area is 109 Å². The van der Waals surface area contributed by atoms with E-state index in [0.717, 1.165) is 35.3 Å². The van der Waals surface area contributed by atoms with E-state index < -0.39 is 0 Å². The van der Waals surface area contributed by atoms with Gasteiger partial charge in [0.15, 0.2) is 0 Å². The Bertz CT molecular complexity index is 417. The maximum absolute atomic E-state index is 11.9. The molecule has 0 radical (unpaired) electrons. The number of benzene rings is 1. The molecule has 1 aromatic carbocycles. The van der Waals surface area contributed by atoms with Crippen molar-refractivity contribution in [2.45, 2.75) is 18.9 Å². The molecule has 17 heavy (non-hydrogen) atoms. The summed E-state index contributed by atoms with van der Waals surface area (Å²) in [5.41, 5.74) is 0.739. The highest BCUT2D eigenvalue weighted by atomic mass is 79.9. The van der Waals surface area contributed by atoms with Crippen LogP contribution in [0.15, 0.2) is 22.7 Å². The second kappa shape index (κ2) is 5.51. The highest BCUT2D eigenvalue weighted by molar-refractivity contribution is 9.10. The van der Waals surface area contributed by atoms with Gasteiger partial charge in [0.25, 0.3) is 0 Å². The lowest BCUT2D eigenvalue weighted by atomic mass is 10.2. The third-order valence-corrected chi connectivity index (χ3v) is 3.50. The number of carbonyl (C=O) groups excluding carboxylic acids is 1. The zero-order valence-corrected chi connectivity index (χ0v) is 11.2. The second-order valence-corrected chi connectivity index (χ2v) is 4.84. The molecule has 1 atom stereocenters. The fourth-order valence-electron chi connectivity index (χ4n) is 1.86. The van der Waals surface area contributed by atoms with Crippen molar-refractivity contribution in [3.8, 4) is 5.75 Å². The topological polar surface area (TPSA) is 50.4 Å². The van der Waals surface area contributed by atoms with Crippen LogP contribution in [0.2, 0.25) is 0 Å². The zero-order valence-electron chi connectivity index (χ0n) is 9.63. The molecule has 1 saturated heterocycles. The Morgan fingerprint density at radius 1 is 1.59 bits per heavy atom. The smallest absolute Gasteiger partial charge is 0.241 e. The summed E-state index contributed by atoms with van der Waals surface area (Å²) >= 11 is 3.41. The second-order valence-electron chi connectivity index (χ2n) is 3.98. The van der Waals surface area contributed by atoms with Gasteiger partial charge in [-0.05, 0) is 47.4 Å². The van der Waals surface area contributed by atoms with Crippen LogP contribution in [-0.2, 0) is 4.79 Å². The molecule has 0 saturated carbocycles. The Kier molecular flexibility index (Phi) is 4.02. The van der Waals surface area contributed by atoms with Gasteiger partial charge in [-0.15, -0.1) is 0 Å². The number of amides is 1. The quantitative estimate of drug-likeness (QED) is 0.899. The molecule has 1 amide bonds. The highest BCUT2D eigenvalue weighted by Gasteiger charge is 2.22. The molecular formula is C12H15BrN2O2. The molecule has 2 rings (SSSR count). The molecule has 0 bridgehead atoms. The molecule has 1 aliphatic heterocycles. The summed E-state index contributed by atoms with van der Waals surface area (Å²) in [4.78, 5) is 11.9. The van der Waals surface area contributed by atoms with Gasteiger partial charge in [-0.25, -0.2) is 0 Å². The zero-order chi connectivity index (χ0) is 12.3. The minimum atomic E-state index is -0.0758. The van der Waals surface area contributed by atoms with Crippen molar-refractivity contribution in [2.24, 2.45) is 0 Å². The first-order valence-electron chi connectivity index (χ1n) is 5.58. The minimum Gasteiger partial charge on any atom is -0.497 e. The Morgan fingerprint density at radius 3 is 3.06 bits per heavy atom. The fourth-order valence-corrected chi connectivity index (χ4v) is 2.20. The van der Waals surface area contributed by atoms with Crippen LogP contribution in [0.1, 0.15) is 12.8 Å². The van der Waals surface area contributed by atoms with E-state index in [0.29, 0.717) is 0 Å². The average Bonchev–Trinajstić information content (AvgIpc) is 2.85. The van der Waals surface area contributed by atoms with E-state index in [1.165, 1.54) is 0 Å². The SMILES string of the molecule is COc1ccc(Br)c(NC(=O)C2CCCN2)c1. The van der Waals surface area contributed by atoms with Gasteiger partial charge in [0.2, 0.25) is 5.91 Å². The van der Waals surface area contributed by atoms with Gasteiger partial charge >= 0.3 is 0 Å². The van der Waals surface area contributed by atoms with Crippen molar-refractivity contribution in [3.05, 3.63) is 22.7 Å². The lowest BCUT2D eigenvalue weighted by molar-refractivity contribution is -0.117. The van der Waals surface area contributed by atoms with Crippen molar-refractivity contribution >= 4 is 27.5 Å². The van der Waals surface area contributed by atoms with Crippen LogP contribution in [0.4, 0.5) is 5.69 Å². The molecule has 0 spiro atoms. The number of methoxy groups -OCH3 is 1. The van der Waals surface area contributed by atoms with E-state index in [4.69, 9.17) is 4.74 Å². The molecule has 1 aromatic rings. The summed E-state index contributed by atoms with van der Waals surface area (Å²) < 4.78 is 5.98. The van der Waals surface area contributed by atoms with Crippen molar-refractivity contribution in [1.29, 1.82) is 0 Å². The number of anilines is 1. The molecule has 2 N–H and O–H groups in total. The molecule has 4 nitrogen and oxygen atoms in total. The molecule has 1 unspecified atom stereocenters. The van der Waals surface area contributed by atoms with E-state index in [1.807, 2.05) is 12.1 Å². The first-order chi connectivity index (χ1) is 8.20. The number of halogens is 1. The molecule has 0 aromatic heterocycles. The van der Waals surface area contributed by atoms with Crippen LogP contribution in [0, 0.1) is 0 Å². The van der Waals surface area contributed by atoms with E-state index in [9.17, 15) is 4.79 Å². The molecule has 5 heteroatoms. The van der Waals surface area contributed by atoms with Gasteiger partial charge in [-0.3, -0.25) is 4.79 Å². The maximum atomic E-state index is 11.9. The van der Waals surface area contributed by atoms with Crippen LogP contribution in [-0.4, -0.2) is 25.6 Å². The molecule has 1 heterocycles. The fraction of sp³-hybridized carbons (Fsp3) is 0.417. The van der Waals surface area contributed by atoms with Crippen molar-refractivity contribution < 1.29 is 9.53 Å². The predicted octanol–water partition coefficient (Wildman–Crippen LogP) is 2.15. The highest BCUT2D eigenvalue weighted by Crippen LogP contribution is 2.27. The number of rotatable bonds is 3. The van der Waals surface area contributed by atoms with Gasteiger partial charge < -0.3 is 15.4 Å². The standard InChI is InChI=1S/C12H15BrN2O2/c1-17-8-4-5-9(13)11(7-8)15-12(16)10-3-2-6-14-10/h4-5,7,10,14H,2-3,6H2,1H3,(H,15,16). The van der Waals surface area contributed by atoms with Gasteiger partial charge in [0.1, 0.15) is 5.75 Å². The molecular weight excluding hydrogens is 284 g/mol. The van der Waals surface area contributed by atoms with Gasteiger partial charge in [-0.2, -0.15) is 0 Å². The van der Waals surface area contributed by atoms with Crippen LogP contribution in [0.25, 0.3) is 0 Å². The Balaban J connectivity index is 2.09. The lowest BCUT2D eigenvalue weighted by Gasteiger charge is -2.13. The first-order valence-corrected chi connectivity index (χ1v) is 6.38. The van der Waals surface area contributed by atoms with Crippen LogP contribution < -0.4 is 15.4 Å². The van der Waals surface area contributed by atoms with E-state index >= 15 is 0 Å². The van der Waals surface area contributed by atoms with E-state index in [-0.39, 0.29) is 11.9 Å². The molecule has 92 valence electrons. The number of hydrogen-bond acceptors (Lipinski definition) is 3. The number of ether oxygens (including phenoxy) is 1. The lowest BCUT2D eigenvalue weighted by Crippen LogP contribution is -2.35. The van der Waals surface area contributed by atoms with Crippen LogP contribution in [0.3, 0.4) is 0 Å². The molecule has 0 aliphatic carbocycles. The normalized spacial score (nSPS) is 19.1. The number of hydrogen-bond donors (Lipinski definition) is 2. The van der Waals surface area contributed by atoms with Crippen molar-refractivity contribution in [2.75, 3.05) is 19.0 Å². The predicted molar refractivity (Wildman–Crippen MR) is 70.3 cm³/mol. The van der Waals surface area contributed by atoms with Gasteiger partial charge in [0.05, 0.1) is 18.8 Å². The number of nitrogens with one attached hydrogen (secondary N) is 2. The minimum absolute atomic E-state index is 0.0106. The third kappa shape index (κ3) is 2.98. The van der Waals surface area contributed by atoms with Gasteiger partial charge in [-0.1, -0.05) is 0 Å². The summed E-state index contributed by atoms with van der Waals surface area (Å²) in [6.07, 6.45) is 1.95. The van der Waals surface area contributed by atoms with Crippen LogP contribution >= 0.6 is 15.9 Å². The van der Waals surface area contributed by atoms with E-state index in [2.05, 4.69) is 26.6 Å². The Hall–Kier alpha value is -1.07. The van der Waals surface area contributed by atoms with Crippen LogP contribution in [0.5, 0.6) is 5.75 Å². The summed E-state index contributed by atoms with van der Waals surface area (Å²) in [5.74, 6) is 0.735. The Morgan fingerprint density at radius 2 is 2.41 bits per heavy atom. The maximum Gasteiger partial charge on any atom is 0.241 e. The van der Waals surface area contributed by atoms with Crippen molar-refractivity contribution in [3.63, 3.8) is 0 Å². The monoisotopic (exact) mass is 298 g/mol. The summed E-state index contributed by atoms with van der Waals surface area (Å²) in [5, 5.41) is 6.06. The third-order valence-electron chi connectivity index (χ3n) is 2.81.